The summed E-state index contributed by atoms with van der Waals surface area (Å²) in [6.45, 7) is 21.5. The highest BCUT2D eigenvalue weighted by molar-refractivity contribution is 5.99. The molecular weight excluding hydrogens is 1290 g/mol. The molecule has 0 saturated carbocycles. The molecular formula is C74H103N9O17. The van der Waals surface area contributed by atoms with Crippen molar-refractivity contribution in [2.45, 2.75) is 194 Å². The van der Waals surface area contributed by atoms with Crippen LogP contribution in [0.15, 0.2) is 115 Å². The van der Waals surface area contributed by atoms with E-state index in [0.29, 0.717) is 29.7 Å². The predicted octanol–water partition coefficient (Wildman–Crippen LogP) is 8.01. The van der Waals surface area contributed by atoms with Crippen molar-refractivity contribution >= 4 is 71.4 Å². The Morgan fingerprint density at radius 1 is 0.900 bits per heavy atom. The third kappa shape index (κ3) is 24.7. The van der Waals surface area contributed by atoms with Crippen molar-refractivity contribution in [3.8, 4) is 0 Å². The number of hydrogen-bond donors (Lipinski definition) is 9. The number of rotatable bonds is 29. The molecule has 3 heterocycles. The van der Waals surface area contributed by atoms with Gasteiger partial charge in [0, 0.05) is 82.2 Å². The van der Waals surface area contributed by atoms with Crippen LogP contribution in [0.25, 0.3) is 6.08 Å². The maximum atomic E-state index is 14.0. The average Bonchev–Trinajstić information content (AvgIpc) is 1.60. The number of nitrogens with two attached hydrogens (primary N) is 1. The van der Waals surface area contributed by atoms with Gasteiger partial charge in [-0.3, -0.25) is 24.0 Å². The number of aliphatic hydroxyl groups is 3. The molecule has 546 valence electrons. The summed E-state index contributed by atoms with van der Waals surface area (Å²) in [5.74, 6) is -3.92. The lowest BCUT2D eigenvalue weighted by atomic mass is 9.88. The SMILES string of the molecule is C=Cc1ccccc1CN(C(=O)CCNC(=O)N[C@H](C(=O)N[C@@H](CCCNC(N)=O)C(=O)Nc1ccc(COC(=O)N2CCN(C(=O)O[C@H]3/C=C/[C@H](C)[C@@H](/C(C)=C/C=C/C(C)(O)C[C@H]4O[C@@H]4[C@H](C)[C@@H](O)CC)OC(=O)C[C@H](O)CC[C@@]3(C)OC(C)=O)CC2)cc1)C(C)C)c1ccccc1C. The van der Waals surface area contributed by atoms with Gasteiger partial charge in [0.1, 0.15) is 30.4 Å². The van der Waals surface area contributed by atoms with Crippen LogP contribution in [0.2, 0.25) is 0 Å². The van der Waals surface area contributed by atoms with Crippen LogP contribution in [0, 0.1) is 24.7 Å². The number of aliphatic hydroxyl groups excluding tert-OH is 2. The fourth-order valence-electron chi connectivity index (χ4n) is 12.0. The van der Waals surface area contributed by atoms with Crippen molar-refractivity contribution in [3.63, 3.8) is 0 Å². The van der Waals surface area contributed by atoms with E-state index in [9.17, 15) is 58.5 Å². The van der Waals surface area contributed by atoms with Crippen molar-refractivity contribution in [1.29, 1.82) is 0 Å². The molecule has 26 heteroatoms. The van der Waals surface area contributed by atoms with Gasteiger partial charge in [-0.1, -0.05) is 126 Å². The zero-order chi connectivity index (χ0) is 73.4. The number of cyclic esters (lactones) is 1. The quantitative estimate of drug-likeness (QED) is 0.00793. The van der Waals surface area contributed by atoms with E-state index in [0.717, 1.165) is 22.4 Å². The lowest BCUT2D eigenvalue weighted by Gasteiger charge is -2.38. The maximum absolute atomic E-state index is 14.0. The van der Waals surface area contributed by atoms with Gasteiger partial charge in [-0.05, 0) is 118 Å². The highest BCUT2D eigenvalue weighted by Crippen LogP contribution is 2.38. The number of urea groups is 2. The smallest absolute Gasteiger partial charge is 0.410 e. The van der Waals surface area contributed by atoms with Gasteiger partial charge in [-0.25, -0.2) is 19.2 Å². The molecule has 9 amide bonds. The van der Waals surface area contributed by atoms with Crippen LogP contribution in [0.3, 0.4) is 0 Å². The van der Waals surface area contributed by atoms with E-state index in [4.69, 9.17) is 29.4 Å². The van der Waals surface area contributed by atoms with Crippen molar-refractivity contribution in [3.05, 3.63) is 138 Å². The number of esters is 2. The third-order valence-corrected chi connectivity index (χ3v) is 18.1. The predicted molar refractivity (Wildman–Crippen MR) is 377 cm³/mol. The standard InChI is InChI=1S/C74H103N9O17/c1-12-53-22-15-16-23-54(53)44-83(58-25-17-14-20-47(58)5)62(87)33-37-77-70(92)80-64(46(3)4)68(90)79-57(24-19-36-76-69(75)91)67(89)78-55-29-27-52(28-30-55)45-96-71(93)81-38-40-82(41-39-81)72(94)98-61-31-26-49(7)65(99-63(88)42-56(85)32-35-74(61,11)100-51(9)84)48(6)21-18-34-73(10,95)43-60-66(97-60)50(8)59(86)13-2/h12,14-18,20-23,25-31,34,46,49-50,56-57,59-61,64-66,85-86,95H,1,13,19,24,32-33,35-45H2,2-11H3,(H,78,89)(H,79,90)(H3,75,76,91)(H2,77,80,92)/b31-26+,34-18+,48-21+/t49-,50+,56+,57-,59-,60+,61-,64-,65+,66+,73?,74+/m0/s1. The molecule has 10 N–H and O–H groups in total. The number of anilines is 2. The summed E-state index contributed by atoms with van der Waals surface area (Å²) in [5.41, 5.74) is 7.39. The number of nitrogens with zero attached hydrogens (tertiary/aromatic N) is 3. The van der Waals surface area contributed by atoms with Crippen molar-refractivity contribution in [1.82, 2.24) is 31.1 Å². The number of piperazine rings is 1. The lowest BCUT2D eigenvalue weighted by molar-refractivity contribution is -0.168. The van der Waals surface area contributed by atoms with E-state index in [1.807, 2.05) is 69.3 Å². The molecule has 100 heavy (non-hydrogen) atoms. The third-order valence-electron chi connectivity index (χ3n) is 18.1. The van der Waals surface area contributed by atoms with Crippen molar-refractivity contribution < 1.29 is 82.2 Å². The molecule has 2 fully saturated rings. The van der Waals surface area contributed by atoms with Gasteiger partial charge in [-0.2, -0.15) is 0 Å². The Morgan fingerprint density at radius 2 is 1.57 bits per heavy atom. The second-order valence-corrected chi connectivity index (χ2v) is 26.8. The van der Waals surface area contributed by atoms with E-state index in [1.165, 1.54) is 16.7 Å². The number of benzene rings is 3. The molecule has 0 aliphatic carbocycles. The average molecular weight is 1390 g/mol. The first kappa shape index (κ1) is 79.9. The Bertz CT molecular complexity index is 3400. The number of allylic oxidation sites excluding steroid dienone is 2. The molecule has 0 aromatic heterocycles. The van der Waals surface area contributed by atoms with Crippen LogP contribution in [0.4, 0.5) is 30.6 Å². The number of carbonyl (C=O) groups is 9. The minimum Gasteiger partial charge on any atom is -0.457 e. The zero-order valence-corrected chi connectivity index (χ0v) is 59.2. The number of primary amides is 1. The van der Waals surface area contributed by atoms with Crippen LogP contribution >= 0.6 is 0 Å². The molecule has 0 radical (unpaired) electrons. The number of para-hydroxylation sites is 1. The summed E-state index contributed by atoms with van der Waals surface area (Å²) in [6, 6.07) is 17.8. The van der Waals surface area contributed by atoms with Crippen LogP contribution in [0.1, 0.15) is 136 Å². The van der Waals surface area contributed by atoms with E-state index in [1.54, 1.807) is 107 Å². The van der Waals surface area contributed by atoms with E-state index >= 15 is 0 Å². The Labute approximate surface area is 586 Å². The molecule has 0 spiro atoms. The van der Waals surface area contributed by atoms with Crippen molar-refractivity contribution in [2.75, 3.05) is 49.5 Å². The molecule has 3 aliphatic rings. The van der Waals surface area contributed by atoms with Gasteiger partial charge in [0.05, 0.1) is 43.0 Å². The monoisotopic (exact) mass is 1390 g/mol. The molecule has 12 atom stereocenters. The minimum absolute atomic E-state index is 0.00838. The maximum Gasteiger partial charge on any atom is 0.410 e. The van der Waals surface area contributed by atoms with Gasteiger partial charge < -0.3 is 86.0 Å². The highest BCUT2D eigenvalue weighted by atomic mass is 16.6. The second-order valence-electron chi connectivity index (χ2n) is 26.8. The fraction of sp³-hybridized carbons (Fsp3) is 0.527. The number of nitrogens with one attached hydrogen (secondary N) is 5. The van der Waals surface area contributed by atoms with Gasteiger partial charge in [0.25, 0.3) is 0 Å². The Kier molecular flexibility index (Phi) is 30.3. The number of amides is 9. The highest BCUT2D eigenvalue weighted by Gasteiger charge is 2.47. The van der Waals surface area contributed by atoms with Crippen LogP contribution in [-0.4, -0.2) is 178 Å². The number of carbonyl (C=O) groups excluding carboxylic acids is 9. The van der Waals surface area contributed by atoms with Crippen LogP contribution < -0.4 is 37.2 Å². The Morgan fingerprint density at radius 3 is 2.22 bits per heavy atom. The Hall–Kier alpha value is -9.11. The summed E-state index contributed by atoms with van der Waals surface area (Å²) >= 11 is 0. The van der Waals surface area contributed by atoms with Gasteiger partial charge in [0.15, 0.2) is 6.10 Å². The first-order chi connectivity index (χ1) is 47.4. The minimum atomic E-state index is -1.51. The first-order valence-corrected chi connectivity index (χ1v) is 34.3. The summed E-state index contributed by atoms with van der Waals surface area (Å²) in [5, 5.41) is 46.0. The van der Waals surface area contributed by atoms with E-state index < -0.39 is 108 Å². The second kappa shape index (κ2) is 37.9. The molecule has 26 nitrogen and oxygen atoms in total. The molecule has 0 bridgehead atoms. The molecule has 3 aromatic carbocycles. The van der Waals surface area contributed by atoms with Gasteiger partial charge in [-0.15, -0.1) is 0 Å². The first-order valence-electron chi connectivity index (χ1n) is 34.3. The molecule has 3 aliphatic heterocycles. The fourth-order valence-corrected chi connectivity index (χ4v) is 12.0. The molecule has 2 saturated heterocycles. The molecule has 6 rings (SSSR count). The molecule has 1 unspecified atom stereocenters. The Balaban J connectivity index is 1.02. The van der Waals surface area contributed by atoms with Crippen LogP contribution in [0.5, 0.6) is 0 Å². The summed E-state index contributed by atoms with van der Waals surface area (Å²) in [6.07, 6.45) is 5.15. The number of epoxide rings is 1. The van der Waals surface area contributed by atoms with E-state index in [-0.39, 0.29) is 115 Å². The summed E-state index contributed by atoms with van der Waals surface area (Å²) in [7, 11) is 0. The summed E-state index contributed by atoms with van der Waals surface area (Å²) in [4.78, 5) is 124. The number of ether oxygens (including phenoxy) is 5. The normalized spacial score (nSPS) is 22.5. The van der Waals surface area contributed by atoms with Gasteiger partial charge >= 0.3 is 36.2 Å². The molecule has 3 aromatic rings. The van der Waals surface area contributed by atoms with E-state index in [2.05, 4.69) is 33.2 Å². The topological polar surface area (TPSA) is 360 Å². The van der Waals surface area contributed by atoms with Gasteiger partial charge in [0.2, 0.25) is 17.7 Å². The van der Waals surface area contributed by atoms with Crippen molar-refractivity contribution in [2.24, 2.45) is 23.5 Å². The largest absolute Gasteiger partial charge is 0.457 e. The van der Waals surface area contributed by atoms with Crippen LogP contribution in [-0.2, 0) is 60.8 Å². The zero-order valence-electron chi connectivity index (χ0n) is 59.2. The summed E-state index contributed by atoms with van der Waals surface area (Å²) < 4.78 is 29.4. The lowest BCUT2D eigenvalue weighted by Crippen LogP contribution is -2.56. The number of aryl methyl sites for hydroxylation is 1. The number of hydrogen-bond acceptors (Lipinski definition) is 17.